The van der Waals surface area contributed by atoms with Crippen molar-refractivity contribution in [1.29, 1.82) is 0 Å². The van der Waals surface area contributed by atoms with Gasteiger partial charge in [0.25, 0.3) is 0 Å². The van der Waals surface area contributed by atoms with E-state index < -0.39 is 0 Å². The minimum absolute atomic E-state index is 0.610. The van der Waals surface area contributed by atoms with E-state index in [0.717, 1.165) is 42.9 Å². The van der Waals surface area contributed by atoms with Gasteiger partial charge in [0.05, 0.1) is 0 Å². The first-order valence-corrected chi connectivity index (χ1v) is 8.91. The standard InChI is InChI=1S/C19H24N6/c1-2-24-9-11-25(12-10-24)14-15-3-5-17(6-4-15)22-19-21-13-16-7-8-20-18(16)23-19/h3-8,13H,2,9-12,14H2,1H3,(H2,20,21,22,23). The Balaban J connectivity index is 1.36. The van der Waals surface area contributed by atoms with E-state index in [1.807, 2.05) is 18.5 Å². The van der Waals surface area contributed by atoms with E-state index >= 15 is 0 Å². The largest absolute Gasteiger partial charge is 0.346 e. The minimum atomic E-state index is 0.610. The highest BCUT2D eigenvalue weighted by Gasteiger charge is 2.15. The summed E-state index contributed by atoms with van der Waals surface area (Å²) in [6.07, 6.45) is 3.70. The summed E-state index contributed by atoms with van der Waals surface area (Å²) in [5.41, 5.74) is 3.20. The molecule has 3 heterocycles. The van der Waals surface area contributed by atoms with Gasteiger partial charge in [0.15, 0.2) is 0 Å². The monoisotopic (exact) mass is 336 g/mol. The van der Waals surface area contributed by atoms with Crippen molar-refractivity contribution >= 4 is 22.7 Å². The summed E-state index contributed by atoms with van der Waals surface area (Å²) in [4.78, 5) is 17.0. The third kappa shape index (κ3) is 3.81. The van der Waals surface area contributed by atoms with Crippen molar-refractivity contribution in [2.45, 2.75) is 13.5 Å². The van der Waals surface area contributed by atoms with Crippen LogP contribution >= 0.6 is 0 Å². The molecular formula is C19H24N6. The van der Waals surface area contributed by atoms with Gasteiger partial charge < -0.3 is 15.2 Å². The number of hydrogen-bond acceptors (Lipinski definition) is 5. The van der Waals surface area contributed by atoms with E-state index in [-0.39, 0.29) is 0 Å². The molecule has 0 aliphatic carbocycles. The van der Waals surface area contributed by atoms with E-state index in [9.17, 15) is 0 Å². The van der Waals surface area contributed by atoms with Crippen molar-refractivity contribution in [1.82, 2.24) is 24.8 Å². The van der Waals surface area contributed by atoms with Gasteiger partial charge in [-0.05, 0) is 30.3 Å². The van der Waals surface area contributed by atoms with Crippen LogP contribution in [-0.2, 0) is 6.54 Å². The second kappa shape index (κ2) is 7.21. The van der Waals surface area contributed by atoms with Gasteiger partial charge in [-0.15, -0.1) is 0 Å². The Morgan fingerprint density at radius 1 is 1.04 bits per heavy atom. The van der Waals surface area contributed by atoms with Crippen LogP contribution in [0.25, 0.3) is 11.0 Å². The molecule has 0 radical (unpaired) electrons. The van der Waals surface area contributed by atoms with Crippen molar-refractivity contribution in [3.8, 4) is 0 Å². The van der Waals surface area contributed by atoms with Gasteiger partial charge in [-0.1, -0.05) is 19.1 Å². The zero-order chi connectivity index (χ0) is 17.1. The van der Waals surface area contributed by atoms with E-state index in [0.29, 0.717) is 5.95 Å². The number of likely N-dealkylation sites (N-methyl/N-ethyl adjacent to an activating group) is 1. The summed E-state index contributed by atoms with van der Waals surface area (Å²) in [5, 5.41) is 4.29. The van der Waals surface area contributed by atoms with Crippen LogP contribution in [-0.4, -0.2) is 57.5 Å². The van der Waals surface area contributed by atoms with Crippen LogP contribution < -0.4 is 5.32 Å². The number of anilines is 2. The Morgan fingerprint density at radius 2 is 1.80 bits per heavy atom. The fraction of sp³-hybridized carbons (Fsp3) is 0.368. The molecule has 25 heavy (non-hydrogen) atoms. The molecule has 1 saturated heterocycles. The Labute approximate surface area is 147 Å². The third-order valence-electron chi connectivity index (χ3n) is 4.83. The summed E-state index contributed by atoms with van der Waals surface area (Å²) in [6.45, 7) is 9.06. The molecule has 6 nitrogen and oxygen atoms in total. The molecule has 1 aliphatic rings. The summed E-state index contributed by atoms with van der Waals surface area (Å²) in [6, 6.07) is 10.5. The second-order valence-corrected chi connectivity index (χ2v) is 6.51. The number of rotatable bonds is 5. The second-order valence-electron chi connectivity index (χ2n) is 6.51. The number of nitrogens with zero attached hydrogens (tertiary/aromatic N) is 4. The molecule has 0 atom stereocenters. The van der Waals surface area contributed by atoms with Gasteiger partial charge in [0, 0.05) is 56.2 Å². The van der Waals surface area contributed by atoms with Crippen molar-refractivity contribution < 1.29 is 0 Å². The van der Waals surface area contributed by atoms with Gasteiger partial charge in [-0.25, -0.2) is 4.98 Å². The van der Waals surface area contributed by atoms with Crippen LogP contribution in [0.2, 0.25) is 0 Å². The lowest BCUT2D eigenvalue weighted by Gasteiger charge is -2.34. The zero-order valence-corrected chi connectivity index (χ0v) is 14.6. The third-order valence-corrected chi connectivity index (χ3v) is 4.83. The van der Waals surface area contributed by atoms with E-state index in [1.165, 1.54) is 18.7 Å². The number of aromatic amines is 1. The summed E-state index contributed by atoms with van der Waals surface area (Å²) >= 11 is 0. The minimum Gasteiger partial charge on any atom is -0.346 e. The van der Waals surface area contributed by atoms with Crippen molar-refractivity contribution in [3.63, 3.8) is 0 Å². The molecule has 0 spiro atoms. The molecule has 1 fully saturated rings. The van der Waals surface area contributed by atoms with Crippen LogP contribution in [0.5, 0.6) is 0 Å². The first-order valence-electron chi connectivity index (χ1n) is 8.91. The fourth-order valence-corrected chi connectivity index (χ4v) is 3.24. The number of piperazine rings is 1. The quantitative estimate of drug-likeness (QED) is 0.750. The average Bonchev–Trinajstić information content (AvgIpc) is 3.12. The predicted octanol–water partition coefficient (Wildman–Crippen LogP) is 2.84. The Kier molecular flexibility index (Phi) is 4.63. The summed E-state index contributed by atoms with van der Waals surface area (Å²) < 4.78 is 0. The lowest BCUT2D eigenvalue weighted by Crippen LogP contribution is -2.45. The van der Waals surface area contributed by atoms with Crippen LogP contribution in [0.1, 0.15) is 12.5 Å². The van der Waals surface area contributed by atoms with Crippen LogP contribution in [0, 0.1) is 0 Å². The first-order chi connectivity index (χ1) is 12.3. The molecule has 0 amide bonds. The van der Waals surface area contributed by atoms with Crippen molar-refractivity contribution in [2.75, 3.05) is 38.0 Å². The highest BCUT2D eigenvalue weighted by atomic mass is 15.3. The maximum absolute atomic E-state index is 4.47. The maximum atomic E-state index is 4.47. The van der Waals surface area contributed by atoms with Gasteiger partial charge in [-0.2, -0.15) is 4.98 Å². The fourth-order valence-electron chi connectivity index (χ4n) is 3.24. The van der Waals surface area contributed by atoms with Crippen LogP contribution in [0.3, 0.4) is 0 Å². The first kappa shape index (κ1) is 16.1. The topological polar surface area (TPSA) is 60.1 Å². The number of hydrogen-bond donors (Lipinski definition) is 2. The number of benzene rings is 1. The molecule has 0 bridgehead atoms. The van der Waals surface area contributed by atoms with Gasteiger partial charge >= 0.3 is 0 Å². The lowest BCUT2D eigenvalue weighted by molar-refractivity contribution is 0.132. The van der Waals surface area contributed by atoms with Crippen molar-refractivity contribution in [3.05, 3.63) is 48.3 Å². The highest BCUT2D eigenvalue weighted by Crippen LogP contribution is 2.17. The Bertz CT molecular complexity index is 817. The zero-order valence-electron chi connectivity index (χ0n) is 14.6. The number of nitrogens with one attached hydrogen (secondary N) is 2. The van der Waals surface area contributed by atoms with Gasteiger partial charge in [-0.3, -0.25) is 4.90 Å². The van der Waals surface area contributed by atoms with Crippen LogP contribution in [0.4, 0.5) is 11.6 Å². The molecule has 0 unspecified atom stereocenters. The molecule has 2 aromatic heterocycles. The van der Waals surface area contributed by atoms with E-state index in [1.54, 1.807) is 0 Å². The number of H-pyrrole nitrogens is 1. The van der Waals surface area contributed by atoms with Gasteiger partial charge in [0.1, 0.15) is 5.65 Å². The van der Waals surface area contributed by atoms with Crippen LogP contribution in [0.15, 0.2) is 42.7 Å². The maximum Gasteiger partial charge on any atom is 0.229 e. The summed E-state index contributed by atoms with van der Waals surface area (Å²) in [5.74, 6) is 0.610. The number of fused-ring (bicyclic) bond motifs is 1. The van der Waals surface area contributed by atoms with Gasteiger partial charge in [0.2, 0.25) is 5.95 Å². The molecule has 4 rings (SSSR count). The average molecular weight is 336 g/mol. The molecule has 0 saturated carbocycles. The normalized spacial score (nSPS) is 16.4. The molecule has 3 aromatic rings. The van der Waals surface area contributed by atoms with E-state index in [2.05, 4.69) is 61.3 Å². The van der Waals surface area contributed by atoms with Crippen molar-refractivity contribution in [2.24, 2.45) is 0 Å². The highest BCUT2D eigenvalue weighted by molar-refractivity contribution is 5.75. The smallest absolute Gasteiger partial charge is 0.229 e. The molecular weight excluding hydrogens is 312 g/mol. The molecule has 2 N–H and O–H groups in total. The SMILES string of the molecule is CCN1CCN(Cc2ccc(Nc3ncc4cc[nH]c4n3)cc2)CC1. The Morgan fingerprint density at radius 3 is 2.56 bits per heavy atom. The lowest BCUT2D eigenvalue weighted by atomic mass is 10.2. The summed E-state index contributed by atoms with van der Waals surface area (Å²) in [7, 11) is 0. The Hall–Kier alpha value is -2.44. The molecule has 6 heteroatoms. The predicted molar refractivity (Wildman–Crippen MR) is 101 cm³/mol. The number of aromatic nitrogens is 3. The molecule has 130 valence electrons. The molecule has 1 aromatic carbocycles. The van der Waals surface area contributed by atoms with E-state index in [4.69, 9.17) is 0 Å². The molecule has 1 aliphatic heterocycles.